The molecule has 11 heteroatoms. The van der Waals surface area contributed by atoms with Gasteiger partial charge in [-0.25, -0.2) is 20.8 Å². The summed E-state index contributed by atoms with van der Waals surface area (Å²) < 4.78 is 61.9. The van der Waals surface area contributed by atoms with Crippen molar-refractivity contribution in [3.8, 4) is 22.6 Å². The van der Waals surface area contributed by atoms with Crippen molar-refractivity contribution in [1.82, 2.24) is 8.54 Å². The molecule has 3 aromatic carbocycles. The van der Waals surface area contributed by atoms with E-state index in [4.69, 9.17) is 4.74 Å². The third kappa shape index (κ3) is 5.18. The number of fused-ring (bicyclic) bond motifs is 1. The molecule has 0 unspecified atom stereocenters. The highest BCUT2D eigenvalue weighted by Gasteiger charge is 2.24. The molecule has 2 heterocycles. The molecule has 5 aromatic rings. The van der Waals surface area contributed by atoms with E-state index in [9.17, 15) is 21.6 Å². The van der Waals surface area contributed by atoms with E-state index in [1.165, 1.54) is 29.9 Å². The Hall–Kier alpha value is -4.35. The monoisotopic (exact) mass is 563 g/mol. The van der Waals surface area contributed by atoms with Gasteiger partial charge in [0.25, 0.3) is 15.6 Å². The molecule has 0 atom stereocenters. The number of benzene rings is 3. The maximum Gasteiger partial charge on any atom is 0.275 e. The predicted octanol–water partition coefficient (Wildman–Crippen LogP) is 4.72. The summed E-state index contributed by atoms with van der Waals surface area (Å²) in [6.07, 6.45) is 3.97. The second-order valence-corrected chi connectivity index (χ2v) is 12.7. The lowest BCUT2D eigenvalue weighted by atomic mass is 10.0. The van der Waals surface area contributed by atoms with Crippen molar-refractivity contribution < 1.29 is 21.6 Å². The van der Waals surface area contributed by atoms with E-state index in [0.717, 1.165) is 15.8 Å². The van der Waals surface area contributed by atoms with Crippen LogP contribution in [0.25, 0.3) is 22.0 Å². The Balaban J connectivity index is 1.76. The minimum atomic E-state index is -4.09. The normalized spacial score (nSPS) is 12.0. The van der Waals surface area contributed by atoms with Crippen molar-refractivity contribution >= 4 is 36.6 Å². The molecule has 0 saturated heterocycles. The molecule has 5 rings (SSSR count). The van der Waals surface area contributed by atoms with E-state index in [1.54, 1.807) is 54.7 Å². The number of nitrogens with one attached hydrogen (secondary N) is 1. The molecule has 39 heavy (non-hydrogen) atoms. The molecule has 2 aromatic heterocycles. The second-order valence-electron chi connectivity index (χ2n) is 9.15. The number of hydrogen-bond acceptors (Lipinski definition) is 6. The van der Waals surface area contributed by atoms with Crippen LogP contribution in [0.4, 0.5) is 5.69 Å². The van der Waals surface area contributed by atoms with Crippen molar-refractivity contribution in [1.29, 1.82) is 0 Å². The Kier molecular flexibility index (Phi) is 6.57. The van der Waals surface area contributed by atoms with Crippen molar-refractivity contribution in [3.63, 3.8) is 0 Å². The van der Waals surface area contributed by atoms with Crippen LogP contribution in [0.2, 0.25) is 0 Å². The number of anilines is 1. The molecule has 200 valence electrons. The van der Waals surface area contributed by atoms with Crippen LogP contribution in [-0.2, 0) is 27.1 Å². The van der Waals surface area contributed by atoms with E-state index in [1.807, 2.05) is 25.1 Å². The van der Waals surface area contributed by atoms with Gasteiger partial charge in [-0.3, -0.25) is 9.52 Å². The largest absolute Gasteiger partial charge is 0.457 e. The number of sulfonamides is 1. The molecule has 0 fully saturated rings. The molecule has 0 aliphatic rings. The van der Waals surface area contributed by atoms with Crippen LogP contribution in [0.5, 0.6) is 11.5 Å². The number of pyridine rings is 1. The number of rotatable bonds is 7. The average Bonchev–Trinajstić information content (AvgIpc) is 3.34. The van der Waals surface area contributed by atoms with Gasteiger partial charge in [0.15, 0.2) is 0 Å². The van der Waals surface area contributed by atoms with Gasteiger partial charge in [0.1, 0.15) is 17.0 Å². The lowest BCUT2D eigenvalue weighted by Gasteiger charge is -2.16. The summed E-state index contributed by atoms with van der Waals surface area (Å²) in [6.45, 7) is 1.85. The van der Waals surface area contributed by atoms with Gasteiger partial charge in [-0.05, 0) is 55.5 Å². The zero-order valence-electron chi connectivity index (χ0n) is 21.3. The fourth-order valence-corrected chi connectivity index (χ4v) is 6.19. The Morgan fingerprint density at radius 3 is 2.21 bits per heavy atom. The second kappa shape index (κ2) is 9.75. The highest BCUT2D eigenvalue weighted by molar-refractivity contribution is 7.92. The number of nitrogens with zero attached hydrogens (tertiary/aromatic N) is 2. The number of ether oxygens (including phenoxy) is 1. The molecule has 9 nitrogen and oxygen atoms in total. The van der Waals surface area contributed by atoms with Gasteiger partial charge in [0, 0.05) is 41.6 Å². The summed E-state index contributed by atoms with van der Waals surface area (Å²) in [4.78, 5) is 13.4. The summed E-state index contributed by atoms with van der Waals surface area (Å²) in [6, 6.07) is 21.7. The van der Waals surface area contributed by atoms with Crippen LogP contribution >= 0.6 is 0 Å². The molecule has 0 radical (unpaired) electrons. The van der Waals surface area contributed by atoms with E-state index in [-0.39, 0.29) is 16.1 Å². The topological polar surface area (TPSA) is 116 Å². The van der Waals surface area contributed by atoms with Crippen LogP contribution in [0.1, 0.15) is 5.56 Å². The van der Waals surface area contributed by atoms with E-state index in [0.29, 0.717) is 28.0 Å². The number of aryl methyl sites for hydroxylation is 2. The lowest BCUT2D eigenvalue weighted by molar-refractivity contribution is 0.484. The summed E-state index contributed by atoms with van der Waals surface area (Å²) in [7, 11) is -6.15. The van der Waals surface area contributed by atoms with Gasteiger partial charge in [0.05, 0.1) is 11.2 Å². The standard InChI is InChI=1S/C28H25N3O6S2/c1-19-9-12-22(13-10-19)39(35,36)31-16-15-23-25(18-30(2)28(32)27(23)31)24-17-20(29-38(3,33)34)11-14-26(24)37-21-7-5-4-6-8-21/h4-18,29H,1-3H3. The zero-order valence-corrected chi connectivity index (χ0v) is 23.0. The molecule has 0 aliphatic carbocycles. The Morgan fingerprint density at radius 1 is 0.846 bits per heavy atom. The third-order valence-electron chi connectivity index (χ3n) is 6.11. The SMILES string of the molecule is Cc1ccc(S(=O)(=O)n2ccc3c(-c4cc(NS(C)(=O)=O)ccc4Oc4ccccc4)cn(C)c(=O)c32)cc1. The smallest absolute Gasteiger partial charge is 0.275 e. The summed E-state index contributed by atoms with van der Waals surface area (Å²) >= 11 is 0. The van der Waals surface area contributed by atoms with Gasteiger partial charge in [0.2, 0.25) is 10.0 Å². The number of para-hydroxylation sites is 1. The number of hydrogen-bond donors (Lipinski definition) is 1. The van der Waals surface area contributed by atoms with Crippen molar-refractivity contribution in [2.24, 2.45) is 7.05 Å². The molecule has 0 spiro atoms. The summed E-state index contributed by atoms with van der Waals surface area (Å²) in [5.41, 5.74) is 1.57. The first-order chi connectivity index (χ1) is 18.4. The Bertz CT molecular complexity index is 1980. The minimum Gasteiger partial charge on any atom is -0.457 e. The van der Waals surface area contributed by atoms with Crippen LogP contribution in [0, 0.1) is 6.92 Å². The van der Waals surface area contributed by atoms with Crippen LogP contribution in [-0.4, -0.2) is 31.6 Å². The van der Waals surface area contributed by atoms with Crippen molar-refractivity contribution in [2.45, 2.75) is 11.8 Å². The highest BCUT2D eigenvalue weighted by atomic mass is 32.2. The fraction of sp³-hybridized carbons (Fsp3) is 0.107. The maximum absolute atomic E-state index is 13.6. The van der Waals surface area contributed by atoms with E-state index in [2.05, 4.69) is 4.72 Å². The Morgan fingerprint density at radius 2 is 1.54 bits per heavy atom. The first kappa shape index (κ1) is 26.3. The average molecular weight is 564 g/mol. The molecule has 0 amide bonds. The fourth-order valence-electron chi connectivity index (χ4n) is 4.29. The lowest BCUT2D eigenvalue weighted by Crippen LogP contribution is -2.22. The van der Waals surface area contributed by atoms with Gasteiger partial charge >= 0.3 is 0 Å². The molecule has 0 bridgehead atoms. The van der Waals surface area contributed by atoms with Crippen molar-refractivity contribution in [3.05, 3.63) is 107 Å². The first-order valence-corrected chi connectivity index (χ1v) is 15.2. The minimum absolute atomic E-state index is 0.0392. The molecular weight excluding hydrogens is 538 g/mol. The summed E-state index contributed by atoms with van der Waals surface area (Å²) in [5.74, 6) is 0.928. The van der Waals surface area contributed by atoms with Gasteiger partial charge in [-0.2, -0.15) is 0 Å². The van der Waals surface area contributed by atoms with Crippen LogP contribution in [0.15, 0.2) is 101 Å². The summed E-state index contributed by atoms with van der Waals surface area (Å²) in [5, 5.41) is 0.364. The van der Waals surface area contributed by atoms with Crippen molar-refractivity contribution in [2.75, 3.05) is 11.0 Å². The van der Waals surface area contributed by atoms with E-state index < -0.39 is 25.6 Å². The zero-order chi connectivity index (χ0) is 27.9. The maximum atomic E-state index is 13.6. The van der Waals surface area contributed by atoms with E-state index >= 15 is 0 Å². The third-order valence-corrected chi connectivity index (χ3v) is 8.41. The van der Waals surface area contributed by atoms with Crippen LogP contribution < -0.4 is 15.0 Å². The molecule has 1 N–H and O–H groups in total. The highest BCUT2D eigenvalue weighted by Crippen LogP contribution is 2.39. The predicted molar refractivity (Wildman–Crippen MR) is 151 cm³/mol. The van der Waals surface area contributed by atoms with Gasteiger partial charge in [-0.15, -0.1) is 0 Å². The van der Waals surface area contributed by atoms with Crippen LogP contribution in [0.3, 0.4) is 0 Å². The Labute approximate surface area is 226 Å². The first-order valence-electron chi connectivity index (χ1n) is 11.8. The molecule has 0 aliphatic heterocycles. The molecule has 0 saturated carbocycles. The number of aromatic nitrogens is 2. The van der Waals surface area contributed by atoms with Gasteiger partial charge in [-0.1, -0.05) is 35.9 Å². The quantitative estimate of drug-likeness (QED) is 0.306. The van der Waals surface area contributed by atoms with Gasteiger partial charge < -0.3 is 9.30 Å². The molecular formula is C28H25N3O6S2.